The highest BCUT2D eigenvalue weighted by Gasteiger charge is 2.71. The maximum absolute atomic E-state index is 12.7. The van der Waals surface area contributed by atoms with Crippen LogP contribution < -0.4 is 0 Å². The third-order valence-electron chi connectivity index (χ3n) is 6.21. The van der Waals surface area contributed by atoms with Crippen LogP contribution in [0.5, 0.6) is 0 Å². The number of carbonyl (C=O) groups excluding carboxylic acids is 3. The standard InChI is InChI=1S/C22H26O9/c1-5-10(2)20(25)29-14-6-12(8-23)7-15-18(28-15)22(4)19(31-22)17-16(14)13(21(26)30-17)9-27-11(3)24/h5,7,14-15,17-19,23H,6,8-9H2,1-4H3/b10-5-,12-7-/t14-,15-,17-,18+,19-,22-/m0/s1. The molecule has 0 unspecified atom stereocenters. The summed E-state index contributed by atoms with van der Waals surface area (Å²) < 4.78 is 28.1. The Bertz CT molecular complexity index is 914. The van der Waals surface area contributed by atoms with E-state index in [-0.39, 0.29) is 37.4 Å². The summed E-state index contributed by atoms with van der Waals surface area (Å²) in [6.07, 6.45) is 0.918. The molecule has 0 spiro atoms. The number of hydrogen-bond acceptors (Lipinski definition) is 9. The lowest BCUT2D eigenvalue weighted by Crippen LogP contribution is -2.35. The highest BCUT2D eigenvalue weighted by atomic mass is 16.7. The summed E-state index contributed by atoms with van der Waals surface area (Å²) in [5, 5.41) is 9.90. The topological polar surface area (TPSA) is 124 Å². The zero-order valence-corrected chi connectivity index (χ0v) is 17.9. The van der Waals surface area contributed by atoms with E-state index in [1.807, 2.05) is 13.0 Å². The molecule has 0 aromatic heterocycles. The molecule has 9 nitrogen and oxygen atoms in total. The first-order valence-corrected chi connectivity index (χ1v) is 10.2. The van der Waals surface area contributed by atoms with E-state index in [0.29, 0.717) is 16.7 Å². The van der Waals surface area contributed by atoms with Crippen LogP contribution in [0.15, 0.2) is 34.4 Å². The third kappa shape index (κ3) is 3.93. The van der Waals surface area contributed by atoms with Crippen LogP contribution in [0.4, 0.5) is 0 Å². The zero-order valence-electron chi connectivity index (χ0n) is 17.9. The van der Waals surface area contributed by atoms with Crippen molar-refractivity contribution in [2.75, 3.05) is 13.2 Å². The predicted octanol–water partition coefficient (Wildman–Crippen LogP) is 0.897. The van der Waals surface area contributed by atoms with Gasteiger partial charge in [-0.1, -0.05) is 12.2 Å². The van der Waals surface area contributed by atoms with Gasteiger partial charge in [0.25, 0.3) is 0 Å². The molecule has 0 radical (unpaired) electrons. The second-order valence-corrected chi connectivity index (χ2v) is 8.34. The van der Waals surface area contributed by atoms with Gasteiger partial charge in [-0.3, -0.25) is 4.79 Å². The van der Waals surface area contributed by atoms with Crippen LogP contribution in [0, 0.1) is 0 Å². The number of aliphatic hydroxyl groups is 1. The molecule has 0 aromatic carbocycles. The number of carbonyl (C=O) groups is 3. The molecule has 2 fully saturated rings. The van der Waals surface area contributed by atoms with Gasteiger partial charge >= 0.3 is 17.9 Å². The van der Waals surface area contributed by atoms with Crippen LogP contribution in [0.25, 0.3) is 0 Å². The van der Waals surface area contributed by atoms with Crippen molar-refractivity contribution in [2.45, 2.75) is 70.2 Å². The van der Waals surface area contributed by atoms with Gasteiger partial charge in [0.1, 0.15) is 36.6 Å². The Morgan fingerprint density at radius 2 is 2.06 bits per heavy atom. The first-order valence-electron chi connectivity index (χ1n) is 10.2. The Kier molecular flexibility index (Phi) is 5.53. The molecule has 0 aromatic rings. The van der Waals surface area contributed by atoms with E-state index >= 15 is 0 Å². The Morgan fingerprint density at radius 3 is 2.71 bits per heavy atom. The van der Waals surface area contributed by atoms with Crippen LogP contribution in [0.1, 0.15) is 34.1 Å². The number of allylic oxidation sites excluding steroid dienone is 1. The molecule has 31 heavy (non-hydrogen) atoms. The van der Waals surface area contributed by atoms with Crippen molar-refractivity contribution in [3.8, 4) is 0 Å². The van der Waals surface area contributed by atoms with Gasteiger partial charge in [0.15, 0.2) is 6.10 Å². The maximum atomic E-state index is 12.7. The molecule has 3 heterocycles. The summed E-state index contributed by atoms with van der Waals surface area (Å²) in [6, 6.07) is 0. The largest absolute Gasteiger partial charge is 0.461 e. The van der Waals surface area contributed by atoms with Crippen LogP contribution in [0.2, 0.25) is 0 Å². The smallest absolute Gasteiger partial charge is 0.338 e. The third-order valence-corrected chi connectivity index (χ3v) is 6.21. The van der Waals surface area contributed by atoms with Crippen molar-refractivity contribution in [1.82, 2.24) is 0 Å². The number of ether oxygens (including phenoxy) is 5. The molecule has 0 bridgehead atoms. The van der Waals surface area contributed by atoms with E-state index in [9.17, 15) is 19.5 Å². The second-order valence-electron chi connectivity index (χ2n) is 8.34. The van der Waals surface area contributed by atoms with Gasteiger partial charge in [-0.2, -0.15) is 0 Å². The molecule has 168 valence electrons. The SMILES string of the molecule is C/C=C(/C)C(=O)O[C@H]1C/C(CO)=C/[C@@H]2O[C@H]2[C@]2(C)O[C@H]2[C@H]2OC(=O)C(COC(C)=O)=C12. The predicted molar refractivity (Wildman–Crippen MR) is 105 cm³/mol. The van der Waals surface area contributed by atoms with Crippen molar-refractivity contribution in [1.29, 1.82) is 0 Å². The van der Waals surface area contributed by atoms with E-state index in [2.05, 4.69) is 0 Å². The number of aliphatic hydroxyl groups excluding tert-OH is 1. The normalized spacial score (nSPS) is 38.1. The van der Waals surface area contributed by atoms with Crippen LogP contribution >= 0.6 is 0 Å². The van der Waals surface area contributed by atoms with Crippen LogP contribution in [0.3, 0.4) is 0 Å². The van der Waals surface area contributed by atoms with Gasteiger partial charge in [0.05, 0.1) is 12.2 Å². The molecule has 1 N–H and O–H groups in total. The lowest BCUT2D eigenvalue weighted by molar-refractivity contribution is -0.143. The number of esters is 3. The fourth-order valence-corrected chi connectivity index (χ4v) is 4.21. The lowest BCUT2D eigenvalue weighted by atomic mass is 9.86. The van der Waals surface area contributed by atoms with Gasteiger partial charge < -0.3 is 28.8 Å². The molecule has 4 aliphatic rings. The zero-order chi connectivity index (χ0) is 22.5. The van der Waals surface area contributed by atoms with Crippen molar-refractivity contribution in [2.24, 2.45) is 0 Å². The Hall–Kier alpha value is -2.49. The fourth-order valence-electron chi connectivity index (χ4n) is 4.21. The van der Waals surface area contributed by atoms with Gasteiger partial charge in [-0.15, -0.1) is 0 Å². The summed E-state index contributed by atoms with van der Waals surface area (Å²) in [4.78, 5) is 36.7. The molecular weight excluding hydrogens is 408 g/mol. The van der Waals surface area contributed by atoms with E-state index in [0.717, 1.165) is 0 Å². The summed E-state index contributed by atoms with van der Waals surface area (Å²) in [6.45, 7) is 5.87. The van der Waals surface area contributed by atoms with Crippen molar-refractivity contribution < 1.29 is 43.2 Å². The lowest BCUT2D eigenvalue weighted by Gasteiger charge is -2.25. The summed E-state index contributed by atoms with van der Waals surface area (Å²) in [7, 11) is 0. The Morgan fingerprint density at radius 1 is 1.32 bits per heavy atom. The van der Waals surface area contributed by atoms with Crippen molar-refractivity contribution in [3.05, 3.63) is 34.4 Å². The molecule has 4 rings (SSSR count). The molecule has 1 aliphatic carbocycles. The molecule has 0 amide bonds. The average Bonchev–Trinajstić information content (AvgIpc) is 3.61. The van der Waals surface area contributed by atoms with E-state index in [4.69, 9.17) is 23.7 Å². The van der Waals surface area contributed by atoms with Gasteiger partial charge in [-0.05, 0) is 26.3 Å². The van der Waals surface area contributed by atoms with E-state index < -0.39 is 41.8 Å². The van der Waals surface area contributed by atoms with E-state index in [1.54, 1.807) is 19.9 Å². The molecule has 9 heteroatoms. The Balaban J connectivity index is 1.78. The number of rotatable bonds is 5. The minimum atomic E-state index is -0.911. The first-order chi connectivity index (χ1) is 14.7. The van der Waals surface area contributed by atoms with Gasteiger partial charge in [0.2, 0.25) is 0 Å². The maximum Gasteiger partial charge on any atom is 0.338 e. The second kappa shape index (κ2) is 7.89. The highest BCUT2D eigenvalue weighted by molar-refractivity contribution is 5.94. The molecule has 6 atom stereocenters. The molecular formula is C22H26O9. The van der Waals surface area contributed by atoms with Crippen LogP contribution in [-0.2, 0) is 38.1 Å². The number of hydrogen-bond donors (Lipinski definition) is 1. The molecule has 3 aliphatic heterocycles. The number of epoxide rings is 2. The first kappa shape index (κ1) is 21.7. The highest BCUT2D eigenvalue weighted by Crippen LogP contribution is 2.54. The van der Waals surface area contributed by atoms with E-state index in [1.165, 1.54) is 6.92 Å². The average molecular weight is 434 g/mol. The summed E-state index contributed by atoms with van der Waals surface area (Å²) >= 11 is 0. The van der Waals surface area contributed by atoms with Crippen molar-refractivity contribution >= 4 is 17.9 Å². The monoisotopic (exact) mass is 434 g/mol. The van der Waals surface area contributed by atoms with Gasteiger partial charge in [0, 0.05) is 24.5 Å². The van der Waals surface area contributed by atoms with Gasteiger partial charge in [-0.25, -0.2) is 9.59 Å². The quantitative estimate of drug-likeness (QED) is 0.221. The van der Waals surface area contributed by atoms with Crippen molar-refractivity contribution in [3.63, 3.8) is 0 Å². The van der Waals surface area contributed by atoms with Crippen LogP contribution in [-0.4, -0.2) is 72.3 Å². The fraction of sp³-hybridized carbons (Fsp3) is 0.591. The molecule has 2 saturated heterocycles. The number of fused-ring (bicyclic) bond motifs is 5. The minimum Gasteiger partial charge on any atom is -0.461 e. The Labute approximate surface area is 179 Å². The minimum absolute atomic E-state index is 0.125. The summed E-state index contributed by atoms with van der Waals surface area (Å²) in [5.74, 6) is -1.76. The molecule has 0 saturated carbocycles. The summed E-state index contributed by atoms with van der Waals surface area (Å²) in [5.41, 5.74) is 0.841.